The van der Waals surface area contributed by atoms with Crippen LogP contribution in [0.25, 0.3) is 10.2 Å². The Morgan fingerprint density at radius 1 is 1.28 bits per heavy atom. The van der Waals surface area contributed by atoms with Crippen molar-refractivity contribution < 1.29 is 4.79 Å². The van der Waals surface area contributed by atoms with Crippen molar-refractivity contribution in [1.29, 1.82) is 0 Å². The topological polar surface area (TPSA) is 89.8 Å². The van der Waals surface area contributed by atoms with Crippen LogP contribution in [0.1, 0.15) is 46.4 Å². The molecule has 1 N–H and O–H groups in total. The van der Waals surface area contributed by atoms with Crippen molar-refractivity contribution in [2.24, 2.45) is 7.05 Å². The Kier molecular flexibility index (Phi) is 5.24. The molecule has 7 nitrogen and oxygen atoms in total. The maximum absolute atomic E-state index is 12.6. The summed E-state index contributed by atoms with van der Waals surface area (Å²) >= 11 is 2.61. The molecule has 0 radical (unpaired) electrons. The fraction of sp³-hybridized carbons (Fsp3) is 0.438. The smallest absolute Gasteiger partial charge is 0.267 e. The van der Waals surface area contributed by atoms with Gasteiger partial charge in [-0.3, -0.25) is 14.9 Å². The van der Waals surface area contributed by atoms with E-state index in [1.807, 2.05) is 0 Å². The summed E-state index contributed by atoms with van der Waals surface area (Å²) in [4.78, 5) is 30.1. The van der Waals surface area contributed by atoms with Crippen molar-refractivity contribution in [3.05, 3.63) is 32.1 Å². The molecular weight excluding hydrogens is 358 g/mol. The van der Waals surface area contributed by atoms with Gasteiger partial charge in [0.05, 0.1) is 16.6 Å². The van der Waals surface area contributed by atoms with Crippen LogP contribution in [0.5, 0.6) is 0 Å². The summed E-state index contributed by atoms with van der Waals surface area (Å²) < 4.78 is 1.41. The van der Waals surface area contributed by atoms with Gasteiger partial charge >= 0.3 is 0 Å². The minimum Gasteiger partial charge on any atom is -0.302 e. The fourth-order valence-corrected chi connectivity index (χ4v) is 4.32. The lowest BCUT2D eigenvalue weighted by atomic mass is 10.2. The minimum absolute atomic E-state index is 0.146. The molecule has 132 valence electrons. The number of anilines is 1. The zero-order valence-corrected chi connectivity index (χ0v) is 16.0. The van der Waals surface area contributed by atoms with Gasteiger partial charge in [-0.1, -0.05) is 31.1 Å². The molecule has 0 aliphatic rings. The van der Waals surface area contributed by atoms with E-state index in [9.17, 15) is 9.59 Å². The molecule has 0 aromatic carbocycles. The molecule has 0 fully saturated rings. The molecule has 0 unspecified atom stereocenters. The first-order valence-corrected chi connectivity index (χ1v) is 9.73. The highest BCUT2D eigenvalue weighted by atomic mass is 32.1. The van der Waals surface area contributed by atoms with E-state index >= 15 is 0 Å². The van der Waals surface area contributed by atoms with E-state index in [1.54, 1.807) is 14.0 Å². The van der Waals surface area contributed by atoms with Gasteiger partial charge in [-0.25, -0.2) is 4.98 Å². The number of aromatic nitrogens is 4. The Morgan fingerprint density at radius 2 is 2.08 bits per heavy atom. The molecule has 1 amide bonds. The molecule has 0 saturated heterocycles. The Bertz CT molecular complexity index is 973. The summed E-state index contributed by atoms with van der Waals surface area (Å²) in [5, 5.41) is 12.8. The van der Waals surface area contributed by atoms with Crippen LogP contribution in [-0.2, 0) is 13.5 Å². The number of hydrogen-bond acceptors (Lipinski definition) is 7. The Morgan fingerprint density at radius 3 is 2.84 bits per heavy atom. The summed E-state index contributed by atoms with van der Waals surface area (Å²) in [5.41, 5.74) is 0.505. The highest BCUT2D eigenvalue weighted by Crippen LogP contribution is 2.28. The van der Waals surface area contributed by atoms with Crippen LogP contribution in [0.4, 0.5) is 5.13 Å². The standard InChI is InChI=1S/C16H19N5O2S2/c1-4-5-6-7-10-19-20-16(24-10)18-13(22)12-9(2)11-14(25-12)17-8-21(3)15(11)23/h8H,4-7H2,1-3H3,(H,18,20,22). The fourth-order valence-electron chi connectivity index (χ4n) is 2.51. The average Bonchev–Trinajstić information content (AvgIpc) is 3.16. The second-order valence-corrected chi connectivity index (χ2v) is 7.87. The largest absolute Gasteiger partial charge is 0.302 e. The molecule has 0 atom stereocenters. The van der Waals surface area contributed by atoms with Crippen LogP contribution in [0.15, 0.2) is 11.1 Å². The number of amides is 1. The average molecular weight is 377 g/mol. The highest BCUT2D eigenvalue weighted by molar-refractivity contribution is 7.21. The molecule has 9 heteroatoms. The Labute approximate surface area is 152 Å². The number of fused-ring (bicyclic) bond motifs is 1. The number of unbranched alkanes of at least 4 members (excludes halogenated alkanes) is 2. The molecular formula is C16H19N5O2S2. The van der Waals surface area contributed by atoms with Crippen LogP contribution < -0.4 is 10.9 Å². The van der Waals surface area contributed by atoms with Crippen molar-refractivity contribution >= 4 is 43.9 Å². The van der Waals surface area contributed by atoms with Crippen LogP contribution in [0, 0.1) is 6.92 Å². The van der Waals surface area contributed by atoms with Gasteiger partial charge in [-0.2, -0.15) is 0 Å². The quantitative estimate of drug-likeness (QED) is 0.667. The van der Waals surface area contributed by atoms with Gasteiger partial charge in [0.2, 0.25) is 5.13 Å². The van der Waals surface area contributed by atoms with E-state index in [0.717, 1.165) is 30.7 Å². The van der Waals surface area contributed by atoms with E-state index in [1.165, 1.54) is 33.6 Å². The Hall–Kier alpha value is -2.13. The van der Waals surface area contributed by atoms with E-state index in [-0.39, 0.29) is 11.5 Å². The summed E-state index contributed by atoms with van der Waals surface area (Å²) in [7, 11) is 1.65. The van der Waals surface area contributed by atoms with Gasteiger partial charge in [0.1, 0.15) is 9.84 Å². The van der Waals surface area contributed by atoms with Gasteiger partial charge in [0.15, 0.2) is 0 Å². The zero-order valence-electron chi connectivity index (χ0n) is 14.3. The number of aryl methyl sites for hydroxylation is 3. The SMILES string of the molecule is CCCCCc1nnc(NC(=O)c2sc3ncn(C)c(=O)c3c2C)s1. The normalized spacial score (nSPS) is 11.2. The molecule has 0 saturated carbocycles. The molecule has 3 heterocycles. The molecule has 0 aliphatic carbocycles. The summed E-state index contributed by atoms with van der Waals surface area (Å²) in [6, 6.07) is 0. The maximum atomic E-state index is 12.6. The summed E-state index contributed by atoms with van der Waals surface area (Å²) in [6.07, 6.45) is 5.73. The first-order chi connectivity index (χ1) is 12.0. The number of carbonyl (C=O) groups excluding carboxylic acids is 1. The number of nitrogens with zero attached hydrogens (tertiary/aromatic N) is 4. The van der Waals surface area contributed by atoms with E-state index in [2.05, 4.69) is 27.4 Å². The minimum atomic E-state index is -0.279. The predicted molar refractivity (Wildman–Crippen MR) is 101 cm³/mol. The van der Waals surface area contributed by atoms with Crippen LogP contribution in [0.3, 0.4) is 0 Å². The van der Waals surface area contributed by atoms with Crippen LogP contribution in [-0.4, -0.2) is 25.7 Å². The van der Waals surface area contributed by atoms with Crippen LogP contribution >= 0.6 is 22.7 Å². The van der Waals surface area contributed by atoms with E-state index < -0.39 is 0 Å². The molecule has 3 aromatic rings. The number of hydrogen-bond donors (Lipinski definition) is 1. The molecule has 0 aliphatic heterocycles. The lowest BCUT2D eigenvalue weighted by Gasteiger charge is -1.99. The van der Waals surface area contributed by atoms with Crippen molar-refractivity contribution in [3.63, 3.8) is 0 Å². The molecule has 0 spiro atoms. The second kappa shape index (κ2) is 7.40. The molecule has 0 bridgehead atoms. The zero-order chi connectivity index (χ0) is 18.0. The highest BCUT2D eigenvalue weighted by Gasteiger charge is 2.20. The Balaban J connectivity index is 1.80. The summed E-state index contributed by atoms with van der Waals surface area (Å²) in [6.45, 7) is 3.92. The van der Waals surface area contributed by atoms with Gasteiger partial charge < -0.3 is 4.57 Å². The number of thiophene rings is 1. The van der Waals surface area contributed by atoms with Gasteiger partial charge in [-0.05, 0) is 18.9 Å². The maximum Gasteiger partial charge on any atom is 0.267 e. The molecule has 3 rings (SSSR count). The number of nitrogens with one attached hydrogen (secondary N) is 1. The monoisotopic (exact) mass is 377 g/mol. The number of carbonyl (C=O) groups is 1. The lowest BCUT2D eigenvalue weighted by Crippen LogP contribution is -2.17. The third-order valence-corrected chi connectivity index (χ3v) is 6.00. The third-order valence-electron chi connectivity index (χ3n) is 3.90. The van der Waals surface area contributed by atoms with Crippen molar-refractivity contribution in [2.45, 2.75) is 39.5 Å². The van der Waals surface area contributed by atoms with Gasteiger partial charge in [0.25, 0.3) is 11.5 Å². The first kappa shape index (κ1) is 17.7. The van der Waals surface area contributed by atoms with Gasteiger partial charge in [0, 0.05) is 13.5 Å². The first-order valence-electron chi connectivity index (χ1n) is 8.09. The summed E-state index contributed by atoms with van der Waals surface area (Å²) in [5.74, 6) is -0.279. The van der Waals surface area contributed by atoms with Crippen molar-refractivity contribution in [3.8, 4) is 0 Å². The third kappa shape index (κ3) is 3.62. The molecule has 25 heavy (non-hydrogen) atoms. The molecule has 3 aromatic heterocycles. The van der Waals surface area contributed by atoms with E-state index in [4.69, 9.17) is 0 Å². The lowest BCUT2D eigenvalue weighted by molar-refractivity contribution is 0.103. The van der Waals surface area contributed by atoms with Crippen LogP contribution in [0.2, 0.25) is 0 Å². The van der Waals surface area contributed by atoms with Gasteiger partial charge in [-0.15, -0.1) is 21.5 Å². The van der Waals surface area contributed by atoms with Crippen molar-refractivity contribution in [2.75, 3.05) is 5.32 Å². The van der Waals surface area contributed by atoms with E-state index in [0.29, 0.717) is 25.8 Å². The second-order valence-electron chi connectivity index (χ2n) is 5.81. The number of rotatable bonds is 6. The predicted octanol–water partition coefficient (Wildman–Crippen LogP) is 3.14. The van der Waals surface area contributed by atoms with Crippen molar-refractivity contribution in [1.82, 2.24) is 19.7 Å².